The lowest BCUT2D eigenvalue weighted by Gasteiger charge is -2.19. The highest BCUT2D eigenvalue weighted by atomic mass is 19.1. The summed E-state index contributed by atoms with van der Waals surface area (Å²) in [5.74, 6) is -0.617. The summed E-state index contributed by atoms with van der Waals surface area (Å²) < 4.78 is 20.1. The lowest BCUT2D eigenvalue weighted by Crippen LogP contribution is -2.31. The van der Waals surface area contributed by atoms with Gasteiger partial charge < -0.3 is 15.2 Å². The number of hydrogen-bond acceptors (Lipinski definition) is 6. The number of allylic oxidation sites excluding steroid dienone is 6. The number of ether oxygens (including phenoxy) is 1. The number of aliphatic carboxylic acids is 1. The van der Waals surface area contributed by atoms with E-state index < -0.39 is 17.8 Å². The Hall–Kier alpha value is -5.29. The largest absolute Gasteiger partial charge is 0.493 e. The number of nitrogens with one attached hydrogen (secondary N) is 1. The number of anilines is 1. The van der Waals surface area contributed by atoms with Crippen molar-refractivity contribution in [3.8, 4) is 11.8 Å². The maximum Gasteiger partial charge on any atom is 0.326 e. The van der Waals surface area contributed by atoms with Crippen LogP contribution in [-0.4, -0.2) is 33.7 Å². The Morgan fingerprint density at radius 2 is 1.98 bits per heavy atom. The van der Waals surface area contributed by atoms with Crippen LogP contribution in [0.3, 0.4) is 0 Å². The van der Waals surface area contributed by atoms with Crippen LogP contribution in [0.4, 0.5) is 10.1 Å². The minimum Gasteiger partial charge on any atom is -0.493 e. The third kappa shape index (κ3) is 7.46. The number of halogens is 1. The molecule has 0 bridgehead atoms. The molecule has 5 rings (SSSR count). The second kappa shape index (κ2) is 14.4. The SMILES string of the molecule is CC#N.CCOc1ccccc1C1=CC=C(c2cc(NC(Cc3cccnc3)C(=O)O)c3cc(F)ccc3n2)CC=C1. The van der Waals surface area contributed by atoms with Crippen LogP contribution in [0.25, 0.3) is 22.0 Å². The Bertz CT molecular complexity index is 1690. The number of carboxylic acids is 1. The van der Waals surface area contributed by atoms with E-state index in [9.17, 15) is 14.3 Å². The molecule has 2 aromatic carbocycles. The van der Waals surface area contributed by atoms with Crippen LogP contribution >= 0.6 is 0 Å². The van der Waals surface area contributed by atoms with Crippen molar-refractivity contribution in [1.29, 1.82) is 5.26 Å². The number of fused-ring (bicyclic) bond motifs is 1. The second-order valence-electron chi connectivity index (χ2n) is 9.39. The molecule has 42 heavy (non-hydrogen) atoms. The summed E-state index contributed by atoms with van der Waals surface area (Å²) in [5.41, 5.74) is 5.50. The van der Waals surface area contributed by atoms with Crippen LogP contribution in [-0.2, 0) is 11.2 Å². The highest BCUT2D eigenvalue weighted by molar-refractivity contribution is 5.95. The van der Waals surface area contributed by atoms with Crippen molar-refractivity contribution >= 4 is 33.7 Å². The fourth-order valence-corrected chi connectivity index (χ4v) is 4.61. The maximum atomic E-state index is 14.2. The quantitative estimate of drug-likeness (QED) is 0.221. The van der Waals surface area contributed by atoms with Crippen molar-refractivity contribution in [1.82, 2.24) is 9.97 Å². The van der Waals surface area contributed by atoms with Crippen molar-refractivity contribution in [2.75, 3.05) is 11.9 Å². The van der Waals surface area contributed by atoms with Crippen LogP contribution in [0.1, 0.15) is 37.1 Å². The monoisotopic (exact) mass is 562 g/mol. The zero-order valence-electron chi connectivity index (χ0n) is 23.4. The molecular weight excluding hydrogens is 531 g/mol. The molecule has 2 aromatic heterocycles. The highest BCUT2D eigenvalue weighted by Crippen LogP contribution is 2.33. The molecule has 1 aliphatic carbocycles. The Morgan fingerprint density at radius 1 is 1.17 bits per heavy atom. The molecule has 0 saturated carbocycles. The molecule has 212 valence electrons. The molecule has 1 atom stereocenters. The molecule has 1 unspecified atom stereocenters. The number of benzene rings is 2. The third-order valence-corrected chi connectivity index (χ3v) is 6.49. The van der Waals surface area contributed by atoms with Crippen LogP contribution in [0.5, 0.6) is 5.75 Å². The summed E-state index contributed by atoms with van der Waals surface area (Å²) in [6, 6.07) is 18.5. The molecule has 0 saturated heterocycles. The van der Waals surface area contributed by atoms with Crippen LogP contribution in [0.15, 0.2) is 97.4 Å². The second-order valence-corrected chi connectivity index (χ2v) is 9.39. The van der Waals surface area contributed by atoms with Gasteiger partial charge >= 0.3 is 5.97 Å². The fourth-order valence-electron chi connectivity index (χ4n) is 4.61. The first-order valence-electron chi connectivity index (χ1n) is 13.5. The van der Waals surface area contributed by atoms with Gasteiger partial charge in [-0.3, -0.25) is 4.98 Å². The summed E-state index contributed by atoms with van der Waals surface area (Å²) in [6.07, 6.45) is 12.3. The number of nitrogens with zero attached hydrogens (tertiary/aromatic N) is 3. The lowest BCUT2D eigenvalue weighted by molar-refractivity contribution is -0.137. The van der Waals surface area contributed by atoms with Crippen molar-refractivity contribution < 1.29 is 19.0 Å². The molecule has 0 amide bonds. The molecule has 7 nitrogen and oxygen atoms in total. The molecule has 8 heteroatoms. The van der Waals surface area contributed by atoms with Gasteiger partial charge in [0.15, 0.2) is 0 Å². The number of para-hydroxylation sites is 1. The average molecular weight is 563 g/mol. The van der Waals surface area contributed by atoms with E-state index in [1.54, 1.807) is 36.7 Å². The van der Waals surface area contributed by atoms with Gasteiger partial charge in [0.05, 0.1) is 23.9 Å². The Balaban J connectivity index is 0.00000129. The van der Waals surface area contributed by atoms with E-state index >= 15 is 0 Å². The third-order valence-electron chi connectivity index (χ3n) is 6.49. The van der Waals surface area contributed by atoms with Gasteiger partial charge in [0.25, 0.3) is 0 Å². The Labute approximate surface area is 244 Å². The number of hydrogen-bond donors (Lipinski definition) is 2. The van der Waals surface area contributed by atoms with Gasteiger partial charge in [-0.2, -0.15) is 5.26 Å². The first-order chi connectivity index (χ1) is 20.4. The number of pyridine rings is 2. The molecule has 1 aliphatic rings. The standard InChI is InChI=1S/C32H28FN3O3.C2H3N/c1-2-39-31-11-4-3-10-25(31)22-8-5-9-23(13-12-22)28-19-29(26-18-24(33)14-15-27(26)35-28)36-30(32(37)38)17-21-7-6-16-34-20-21;1-2-3/h3-8,10-16,18-20,30H,2,9,17H2,1H3,(H,35,36)(H,37,38);1H3. The van der Waals surface area contributed by atoms with Gasteiger partial charge in [0.2, 0.25) is 0 Å². The van der Waals surface area contributed by atoms with E-state index in [0.717, 1.165) is 28.0 Å². The Morgan fingerprint density at radius 3 is 2.71 bits per heavy atom. The molecule has 4 aromatic rings. The molecule has 0 radical (unpaired) electrons. The van der Waals surface area contributed by atoms with Crippen LogP contribution < -0.4 is 10.1 Å². The topological polar surface area (TPSA) is 108 Å². The molecule has 0 aliphatic heterocycles. The van der Waals surface area contributed by atoms with Gasteiger partial charge in [0, 0.05) is 42.4 Å². The van der Waals surface area contributed by atoms with E-state index in [4.69, 9.17) is 15.0 Å². The summed E-state index contributed by atoms with van der Waals surface area (Å²) in [5, 5.41) is 20.9. The number of aromatic nitrogens is 2. The lowest BCUT2D eigenvalue weighted by atomic mass is 10.0. The number of nitriles is 1. The van der Waals surface area contributed by atoms with Gasteiger partial charge in [-0.15, -0.1) is 0 Å². The van der Waals surface area contributed by atoms with E-state index in [0.29, 0.717) is 35.3 Å². The number of carboxylic acid groups (broad SMARTS) is 1. The highest BCUT2D eigenvalue weighted by Gasteiger charge is 2.21. The fraction of sp³-hybridized carbons (Fsp3) is 0.176. The van der Waals surface area contributed by atoms with E-state index in [2.05, 4.69) is 22.5 Å². The first kappa shape index (κ1) is 29.7. The van der Waals surface area contributed by atoms with Gasteiger partial charge in [-0.25, -0.2) is 14.2 Å². The maximum absolute atomic E-state index is 14.2. The van der Waals surface area contributed by atoms with Gasteiger partial charge in [-0.1, -0.05) is 48.6 Å². The summed E-state index contributed by atoms with van der Waals surface area (Å²) in [7, 11) is 0. The Kier molecular flexibility index (Phi) is 10.2. The van der Waals surface area contributed by atoms with Crippen LogP contribution in [0.2, 0.25) is 0 Å². The zero-order chi connectivity index (χ0) is 29.9. The minimum absolute atomic E-state index is 0.217. The van der Waals surface area contributed by atoms with Gasteiger partial charge in [-0.05, 0) is 66.5 Å². The molecule has 0 fully saturated rings. The average Bonchev–Trinajstić information content (AvgIpc) is 3.25. The predicted octanol–water partition coefficient (Wildman–Crippen LogP) is 7.23. The van der Waals surface area contributed by atoms with E-state index in [-0.39, 0.29) is 6.42 Å². The predicted molar refractivity (Wildman–Crippen MR) is 163 cm³/mol. The van der Waals surface area contributed by atoms with Gasteiger partial charge in [0.1, 0.15) is 17.6 Å². The number of carbonyl (C=O) groups is 1. The van der Waals surface area contributed by atoms with Crippen molar-refractivity contribution in [2.24, 2.45) is 0 Å². The minimum atomic E-state index is -1.01. The molecule has 2 heterocycles. The number of rotatable bonds is 9. The van der Waals surface area contributed by atoms with Crippen LogP contribution in [0, 0.1) is 17.1 Å². The normalized spacial score (nSPS) is 13.0. The zero-order valence-corrected chi connectivity index (χ0v) is 23.4. The smallest absolute Gasteiger partial charge is 0.326 e. The first-order valence-corrected chi connectivity index (χ1v) is 13.5. The molecule has 0 spiro atoms. The van der Waals surface area contributed by atoms with Crippen molar-refractivity contribution in [2.45, 2.75) is 32.7 Å². The summed E-state index contributed by atoms with van der Waals surface area (Å²) in [4.78, 5) is 21.1. The van der Waals surface area contributed by atoms with Crippen molar-refractivity contribution in [3.63, 3.8) is 0 Å². The van der Waals surface area contributed by atoms with E-state index in [1.807, 2.05) is 49.4 Å². The van der Waals surface area contributed by atoms with E-state index in [1.165, 1.54) is 19.1 Å². The summed E-state index contributed by atoms with van der Waals surface area (Å²) in [6.45, 7) is 3.96. The molecule has 2 N–H and O–H groups in total. The molecular formula is C34H31FN4O3. The summed E-state index contributed by atoms with van der Waals surface area (Å²) >= 11 is 0. The van der Waals surface area contributed by atoms with Crippen molar-refractivity contribution in [3.05, 3.63) is 120 Å².